The number of aryl methyl sites for hydroxylation is 1. The lowest BCUT2D eigenvalue weighted by Crippen LogP contribution is -2.15. The molecule has 17 heavy (non-hydrogen) atoms. The van der Waals surface area contributed by atoms with Gasteiger partial charge in [-0.1, -0.05) is 6.08 Å². The minimum atomic E-state index is -1.01. The van der Waals surface area contributed by atoms with Gasteiger partial charge in [-0.3, -0.25) is 0 Å². The molecule has 0 heterocycles. The van der Waals surface area contributed by atoms with Gasteiger partial charge < -0.3 is 16.2 Å². The zero-order chi connectivity index (χ0) is 13.0. The summed E-state index contributed by atoms with van der Waals surface area (Å²) in [7, 11) is 0. The Labute approximate surface area is 101 Å². The van der Waals surface area contributed by atoms with E-state index in [1.54, 1.807) is 13.0 Å². The van der Waals surface area contributed by atoms with E-state index in [0.717, 1.165) is 17.7 Å². The van der Waals surface area contributed by atoms with Gasteiger partial charge in [0.1, 0.15) is 0 Å². The first-order valence-corrected chi connectivity index (χ1v) is 5.46. The number of rotatable bonds is 5. The molecule has 4 nitrogen and oxygen atoms in total. The molecule has 0 spiro atoms. The summed E-state index contributed by atoms with van der Waals surface area (Å²) in [5.41, 5.74) is 7.70. The van der Waals surface area contributed by atoms with Gasteiger partial charge in [-0.25, -0.2) is 4.79 Å². The SMILES string of the molecule is C=CCC(C)Nc1cc(C)c(N)c(C(=O)O)c1. The van der Waals surface area contributed by atoms with Crippen molar-refractivity contribution in [2.45, 2.75) is 26.3 Å². The van der Waals surface area contributed by atoms with Gasteiger partial charge >= 0.3 is 5.97 Å². The third-order valence-corrected chi connectivity index (χ3v) is 2.55. The Kier molecular flexibility index (Phi) is 4.15. The molecular formula is C13H18N2O2. The van der Waals surface area contributed by atoms with E-state index >= 15 is 0 Å². The van der Waals surface area contributed by atoms with Crippen molar-refractivity contribution in [2.24, 2.45) is 0 Å². The molecule has 0 fully saturated rings. The van der Waals surface area contributed by atoms with E-state index in [0.29, 0.717) is 5.69 Å². The highest BCUT2D eigenvalue weighted by Crippen LogP contribution is 2.23. The third-order valence-electron chi connectivity index (χ3n) is 2.55. The highest BCUT2D eigenvalue weighted by molar-refractivity contribution is 5.95. The number of hydrogen-bond acceptors (Lipinski definition) is 3. The number of carboxylic acid groups (broad SMARTS) is 1. The molecule has 0 bridgehead atoms. The van der Waals surface area contributed by atoms with Crippen molar-refractivity contribution < 1.29 is 9.90 Å². The molecule has 1 rings (SSSR count). The Balaban J connectivity index is 3.02. The van der Waals surface area contributed by atoms with Crippen LogP contribution in [0.1, 0.15) is 29.3 Å². The molecule has 0 aliphatic heterocycles. The molecule has 1 aromatic carbocycles. The van der Waals surface area contributed by atoms with E-state index in [9.17, 15) is 4.79 Å². The standard InChI is InChI=1S/C13H18N2O2/c1-4-5-9(3)15-10-6-8(2)12(14)11(7-10)13(16)17/h4,6-7,9,15H,1,5,14H2,2-3H3,(H,16,17). The summed E-state index contributed by atoms with van der Waals surface area (Å²) in [6, 6.07) is 3.61. The van der Waals surface area contributed by atoms with Crippen LogP contribution in [0.25, 0.3) is 0 Å². The highest BCUT2D eigenvalue weighted by atomic mass is 16.4. The van der Waals surface area contributed by atoms with E-state index in [4.69, 9.17) is 10.8 Å². The first-order chi connectivity index (χ1) is 7.95. The average Bonchev–Trinajstić information content (AvgIpc) is 2.23. The molecule has 92 valence electrons. The lowest BCUT2D eigenvalue weighted by atomic mass is 10.1. The van der Waals surface area contributed by atoms with Crippen molar-refractivity contribution in [1.29, 1.82) is 0 Å². The summed E-state index contributed by atoms with van der Waals surface area (Å²) in [4.78, 5) is 11.0. The summed E-state index contributed by atoms with van der Waals surface area (Å²) in [6.07, 6.45) is 2.63. The van der Waals surface area contributed by atoms with Gasteiger partial charge in [0.25, 0.3) is 0 Å². The molecule has 4 N–H and O–H groups in total. The minimum absolute atomic E-state index is 0.137. The number of hydrogen-bond donors (Lipinski definition) is 3. The van der Waals surface area contributed by atoms with E-state index in [1.165, 1.54) is 0 Å². The fourth-order valence-corrected chi connectivity index (χ4v) is 1.65. The highest BCUT2D eigenvalue weighted by Gasteiger charge is 2.12. The van der Waals surface area contributed by atoms with Crippen LogP contribution in [0.3, 0.4) is 0 Å². The van der Waals surface area contributed by atoms with Crippen molar-refractivity contribution in [3.63, 3.8) is 0 Å². The largest absolute Gasteiger partial charge is 0.478 e. The minimum Gasteiger partial charge on any atom is -0.478 e. The summed E-state index contributed by atoms with van der Waals surface area (Å²) < 4.78 is 0. The molecule has 1 atom stereocenters. The fourth-order valence-electron chi connectivity index (χ4n) is 1.65. The van der Waals surface area contributed by atoms with Gasteiger partial charge in [0.05, 0.1) is 5.56 Å². The van der Waals surface area contributed by atoms with Crippen LogP contribution in [-0.2, 0) is 0 Å². The first kappa shape index (κ1) is 13.1. The van der Waals surface area contributed by atoms with Crippen LogP contribution in [0.5, 0.6) is 0 Å². The summed E-state index contributed by atoms with van der Waals surface area (Å²) in [5.74, 6) is -1.01. The average molecular weight is 234 g/mol. The summed E-state index contributed by atoms with van der Waals surface area (Å²) in [5, 5.41) is 12.2. The third kappa shape index (κ3) is 3.24. The zero-order valence-electron chi connectivity index (χ0n) is 10.2. The quantitative estimate of drug-likeness (QED) is 0.541. The molecule has 0 aromatic heterocycles. The van der Waals surface area contributed by atoms with Crippen LogP contribution in [0, 0.1) is 6.92 Å². The number of aromatic carboxylic acids is 1. The van der Waals surface area contributed by atoms with Gasteiger partial charge in [0.2, 0.25) is 0 Å². The Hall–Kier alpha value is -1.97. The monoisotopic (exact) mass is 234 g/mol. The number of carbonyl (C=O) groups is 1. The maximum absolute atomic E-state index is 11.0. The molecular weight excluding hydrogens is 216 g/mol. The molecule has 1 aromatic rings. The Morgan fingerprint density at radius 1 is 1.65 bits per heavy atom. The van der Waals surface area contributed by atoms with Crippen molar-refractivity contribution in [1.82, 2.24) is 0 Å². The van der Waals surface area contributed by atoms with Crippen molar-refractivity contribution in [3.05, 3.63) is 35.9 Å². The lowest BCUT2D eigenvalue weighted by molar-refractivity contribution is 0.0698. The van der Waals surface area contributed by atoms with Crippen LogP contribution in [0.15, 0.2) is 24.8 Å². The molecule has 0 aliphatic carbocycles. The zero-order valence-corrected chi connectivity index (χ0v) is 10.2. The van der Waals surface area contributed by atoms with Gasteiger partial charge in [-0.15, -0.1) is 6.58 Å². The molecule has 1 unspecified atom stereocenters. The van der Waals surface area contributed by atoms with Crippen molar-refractivity contribution in [3.8, 4) is 0 Å². The fraction of sp³-hybridized carbons (Fsp3) is 0.308. The van der Waals surface area contributed by atoms with Crippen molar-refractivity contribution in [2.75, 3.05) is 11.1 Å². The second kappa shape index (κ2) is 5.39. The van der Waals surface area contributed by atoms with Gasteiger partial charge in [-0.05, 0) is 38.0 Å². The van der Waals surface area contributed by atoms with E-state index in [1.807, 2.05) is 19.1 Å². The first-order valence-electron chi connectivity index (χ1n) is 5.46. The number of nitrogens with two attached hydrogens (primary N) is 1. The molecule has 4 heteroatoms. The number of nitrogens with one attached hydrogen (secondary N) is 1. The number of carboxylic acids is 1. The van der Waals surface area contributed by atoms with Crippen LogP contribution < -0.4 is 11.1 Å². The normalized spacial score (nSPS) is 11.9. The van der Waals surface area contributed by atoms with Gasteiger partial charge in [0, 0.05) is 17.4 Å². The predicted molar refractivity (Wildman–Crippen MR) is 70.4 cm³/mol. The van der Waals surface area contributed by atoms with Gasteiger partial charge in [-0.2, -0.15) is 0 Å². The van der Waals surface area contributed by atoms with E-state index < -0.39 is 5.97 Å². The number of anilines is 2. The molecule has 0 radical (unpaired) electrons. The second-order valence-corrected chi connectivity index (χ2v) is 4.13. The smallest absolute Gasteiger partial charge is 0.337 e. The van der Waals surface area contributed by atoms with Gasteiger partial charge in [0.15, 0.2) is 0 Å². The molecule has 0 amide bonds. The van der Waals surface area contributed by atoms with E-state index in [2.05, 4.69) is 11.9 Å². The summed E-state index contributed by atoms with van der Waals surface area (Å²) in [6.45, 7) is 7.47. The second-order valence-electron chi connectivity index (χ2n) is 4.13. The predicted octanol–water partition coefficient (Wildman–Crippen LogP) is 2.65. The summed E-state index contributed by atoms with van der Waals surface area (Å²) >= 11 is 0. The molecule has 0 aliphatic rings. The Bertz CT molecular complexity index is 441. The van der Waals surface area contributed by atoms with E-state index in [-0.39, 0.29) is 11.6 Å². The molecule has 0 saturated heterocycles. The van der Waals surface area contributed by atoms with Crippen LogP contribution in [0.2, 0.25) is 0 Å². The number of nitrogen functional groups attached to an aromatic ring is 1. The molecule has 0 saturated carbocycles. The lowest BCUT2D eigenvalue weighted by Gasteiger charge is -2.15. The van der Waals surface area contributed by atoms with Crippen LogP contribution in [-0.4, -0.2) is 17.1 Å². The maximum Gasteiger partial charge on any atom is 0.337 e. The Morgan fingerprint density at radius 3 is 2.82 bits per heavy atom. The maximum atomic E-state index is 11.0. The van der Waals surface area contributed by atoms with Crippen LogP contribution in [0.4, 0.5) is 11.4 Å². The topological polar surface area (TPSA) is 75.3 Å². The number of benzene rings is 1. The van der Waals surface area contributed by atoms with Crippen LogP contribution >= 0.6 is 0 Å². The Morgan fingerprint density at radius 2 is 2.29 bits per heavy atom. The van der Waals surface area contributed by atoms with Crippen molar-refractivity contribution >= 4 is 17.3 Å².